The molecule has 2 atom stereocenters. The standard InChI is InChI=1S/C15H27NO6/c1-5-19-11(4)22-12-8-9-15(16-10-12,13(17)20-6-2)14(18)21-7-3/h11-12,16H,5-10H2,1-4H3/t11?,12-/m0/s1. The minimum absolute atomic E-state index is 0.126. The summed E-state index contributed by atoms with van der Waals surface area (Å²) in [4.78, 5) is 24.4. The number of hydrogen-bond acceptors (Lipinski definition) is 7. The minimum Gasteiger partial charge on any atom is -0.464 e. The van der Waals surface area contributed by atoms with Crippen molar-refractivity contribution in [1.82, 2.24) is 5.32 Å². The number of hydrogen-bond donors (Lipinski definition) is 1. The molecule has 0 aromatic rings. The Bertz CT molecular complexity index is 345. The molecule has 7 heteroatoms. The lowest BCUT2D eigenvalue weighted by Gasteiger charge is -2.37. The lowest BCUT2D eigenvalue weighted by Crippen LogP contribution is -2.64. The molecule has 0 saturated carbocycles. The van der Waals surface area contributed by atoms with E-state index in [1.807, 2.05) is 13.8 Å². The summed E-state index contributed by atoms with van der Waals surface area (Å²) in [6.45, 7) is 8.47. The minimum atomic E-state index is -1.43. The highest BCUT2D eigenvalue weighted by atomic mass is 16.7. The van der Waals surface area contributed by atoms with E-state index in [-0.39, 0.29) is 32.0 Å². The lowest BCUT2D eigenvalue weighted by atomic mass is 9.87. The molecule has 128 valence electrons. The van der Waals surface area contributed by atoms with Crippen molar-refractivity contribution in [2.45, 2.75) is 58.5 Å². The molecular weight excluding hydrogens is 290 g/mol. The Morgan fingerprint density at radius 1 is 1.14 bits per heavy atom. The summed E-state index contributed by atoms with van der Waals surface area (Å²) in [5, 5.41) is 2.97. The van der Waals surface area contributed by atoms with E-state index < -0.39 is 17.5 Å². The zero-order valence-corrected chi connectivity index (χ0v) is 13.8. The molecule has 1 unspecified atom stereocenters. The van der Waals surface area contributed by atoms with Gasteiger partial charge in [-0.15, -0.1) is 0 Å². The Balaban J connectivity index is 2.70. The SMILES string of the molecule is CCOC(=O)C1(C(=O)OCC)CC[C@H](OC(C)OCC)CN1. The fraction of sp³-hybridized carbons (Fsp3) is 0.867. The fourth-order valence-corrected chi connectivity index (χ4v) is 2.46. The normalized spacial score (nSPS) is 21.9. The summed E-state index contributed by atoms with van der Waals surface area (Å²) in [6, 6.07) is 0. The highest BCUT2D eigenvalue weighted by Crippen LogP contribution is 2.25. The van der Waals surface area contributed by atoms with Gasteiger partial charge in [-0.25, -0.2) is 9.59 Å². The smallest absolute Gasteiger partial charge is 0.338 e. The van der Waals surface area contributed by atoms with Crippen LogP contribution in [0.4, 0.5) is 0 Å². The van der Waals surface area contributed by atoms with E-state index in [1.165, 1.54) is 0 Å². The van der Waals surface area contributed by atoms with Gasteiger partial charge in [0.2, 0.25) is 5.54 Å². The van der Waals surface area contributed by atoms with Crippen molar-refractivity contribution in [2.75, 3.05) is 26.4 Å². The summed E-state index contributed by atoms with van der Waals surface area (Å²) in [6.07, 6.45) is 0.365. The molecule has 0 amide bonds. The third-order valence-electron chi connectivity index (χ3n) is 3.51. The summed E-state index contributed by atoms with van der Waals surface area (Å²) >= 11 is 0. The Kier molecular flexibility index (Phi) is 7.78. The van der Waals surface area contributed by atoms with E-state index >= 15 is 0 Å². The third-order valence-corrected chi connectivity index (χ3v) is 3.51. The molecular formula is C15H27NO6. The van der Waals surface area contributed by atoms with Crippen LogP contribution in [0.3, 0.4) is 0 Å². The second-order valence-electron chi connectivity index (χ2n) is 5.05. The van der Waals surface area contributed by atoms with E-state index in [9.17, 15) is 9.59 Å². The molecule has 22 heavy (non-hydrogen) atoms. The first kappa shape index (κ1) is 18.9. The summed E-state index contributed by atoms with van der Waals surface area (Å²) in [7, 11) is 0. The van der Waals surface area contributed by atoms with Crippen LogP contribution in [0, 0.1) is 0 Å². The molecule has 0 aliphatic carbocycles. The Labute approximate surface area is 131 Å². The molecule has 1 aliphatic rings. The van der Waals surface area contributed by atoms with Crippen molar-refractivity contribution in [2.24, 2.45) is 0 Å². The zero-order chi connectivity index (χ0) is 16.6. The molecule has 1 heterocycles. The van der Waals surface area contributed by atoms with Gasteiger partial charge >= 0.3 is 11.9 Å². The van der Waals surface area contributed by atoms with Crippen LogP contribution in [0.2, 0.25) is 0 Å². The van der Waals surface area contributed by atoms with Gasteiger partial charge in [0.1, 0.15) is 0 Å². The van der Waals surface area contributed by atoms with E-state index in [0.29, 0.717) is 19.6 Å². The first-order valence-corrected chi connectivity index (χ1v) is 7.86. The fourth-order valence-electron chi connectivity index (χ4n) is 2.46. The molecule has 1 fully saturated rings. The average Bonchev–Trinajstić information content (AvgIpc) is 2.48. The van der Waals surface area contributed by atoms with Crippen molar-refractivity contribution in [3.8, 4) is 0 Å². The maximum atomic E-state index is 12.2. The van der Waals surface area contributed by atoms with Crippen LogP contribution in [0.25, 0.3) is 0 Å². The van der Waals surface area contributed by atoms with Crippen molar-refractivity contribution >= 4 is 11.9 Å². The van der Waals surface area contributed by atoms with E-state index in [2.05, 4.69) is 5.32 Å². The monoisotopic (exact) mass is 317 g/mol. The van der Waals surface area contributed by atoms with Gasteiger partial charge in [0.25, 0.3) is 0 Å². The largest absolute Gasteiger partial charge is 0.464 e. The molecule has 7 nitrogen and oxygen atoms in total. The van der Waals surface area contributed by atoms with Gasteiger partial charge in [-0.3, -0.25) is 5.32 Å². The predicted molar refractivity (Wildman–Crippen MR) is 79.2 cm³/mol. The van der Waals surface area contributed by atoms with Crippen molar-refractivity contribution in [1.29, 1.82) is 0 Å². The summed E-state index contributed by atoms with van der Waals surface area (Å²) < 4.78 is 21.1. The zero-order valence-electron chi connectivity index (χ0n) is 13.8. The molecule has 0 aromatic heterocycles. The van der Waals surface area contributed by atoms with Gasteiger partial charge in [-0.1, -0.05) is 0 Å². The summed E-state index contributed by atoms with van der Waals surface area (Å²) in [5.41, 5.74) is -1.43. The van der Waals surface area contributed by atoms with E-state index in [1.54, 1.807) is 13.8 Å². The number of nitrogens with one attached hydrogen (secondary N) is 1. The van der Waals surface area contributed by atoms with Gasteiger partial charge in [0, 0.05) is 13.2 Å². The van der Waals surface area contributed by atoms with Gasteiger partial charge in [0.15, 0.2) is 6.29 Å². The number of piperidine rings is 1. The second kappa shape index (κ2) is 9.07. The Hall–Kier alpha value is -1.18. The highest BCUT2D eigenvalue weighted by Gasteiger charge is 2.51. The lowest BCUT2D eigenvalue weighted by molar-refractivity contribution is -0.179. The number of rotatable bonds is 8. The van der Waals surface area contributed by atoms with Crippen molar-refractivity contribution in [3.05, 3.63) is 0 Å². The number of carbonyl (C=O) groups excluding carboxylic acids is 2. The van der Waals surface area contributed by atoms with Crippen LogP contribution in [-0.2, 0) is 28.5 Å². The van der Waals surface area contributed by atoms with E-state index in [4.69, 9.17) is 18.9 Å². The quantitative estimate of drug-likeness (QED) is 0.406. The maximum absolute atomic E-state index is 12.2. The van der Waals surface area contributed by atoms with Crippen LogP contribution < -0.4 is 5.32 Å². The van der Waals surface area contributed by atoms with Crippen molar-refractivity contribution < 1.29 is 28.5 Å². The topological polar surface area (TPSA) is 83.1 Å². The van der Waals surface area contributed by atoms with Gasteiger partial charge in [-0.05, 0) is 40.5 Å². The molecule has 0 radical (unpaired) electrons. The predicted octanol–water partition coefficient (Wildman–Crippen LogP) is 1.00. The maximum Gasteiger partial charge on any atom is 0.338 e. The van der Waals surface area contributed by atoms with Crippen molar-refractivity contribution in [3.63, 3.8) is 0 Å². The highest BCUT2D eigenvalue weighted by molar-refractivity contribution is 6.05. The van der Waals surface area contributed by atoms with Gasteiger partial charge < -0.3 is 18.9 Å². The second-order valence-corrected chi connectivity index (χ2v) is 5.05. The van der Waals surface area contributed by atoms with Gasteiger partial charge in [0.05, 0.1) is 19.3 Å². The van der Waals surface area contributed by atoms with E-state index in [0.717, 1.165) is 0 Å². The first-order valence-electron chi connectivity index (χ1n) is 7.86. The molecule has 1 aliphatic heterocycles. The van der Waals surface area contributed by atoms with Crippen LogP contribution in [0.15, 0.2) is 0 Å². The van der Waals surface area contributed by atoms with Crippen LogP contribution in [-0.4, -0.2) is 56.2 Å². The molecule has 1 saturated heterocycles. The third kappa shape index (κ3) is 4.66. The van der Waals surface area contributed by atoms with Crippen LogP contribution in [0.5, 0.6) is 0 Å². The van der Waals surface area contributed by atoms with Crippen LogP contribution >= 0.6 is 0 Å². The first-order chi connectivity index (χ1) is 10.5. The molecule has 0 aromatic carbocycles. The number of carbonyl (C=O) groups is 2. The number of esters is 2. The molecule has 0 bridgehead atoms. The average molecular weight is 317 g/mol. The molecule has 1 N–H and O–H groups in total. The van der Waals surface area contributed by atoms with Crippen LogP contribution in [0.1, 0.15) is 40.5 Å². The molecule has 0 spiro atoms. The number of ether oxygens (including phenoxy) is 4. The summed E-state index contributed by atoms with van der Waals surface area (Å²) in [5.74, 6) is -1.19. The van der Waals surface area contributed by atoms with Gasteiger partial charge in [-0.2, -0.15) is 0 Å². The Morgan fingerprint density at radius 3 is 2.14 bits per heavy atom. The molecule has 1 rings (SSSR count). The Morgan fingerprint density at radius 2 is 1.73 bits per heavy atom.